The molecule has 0 aliphatic carbocycles. The van der Waals surface area contributed by atoms with Crippen LogP contribution in [0.25, 0.3) is 0 Å². The molecule has 1 rings (SSSR count). The molecule has 0 spiro atoms. The summed E-state index contributed by atoms with van der Waals surface area (Å²) in [5, 5.41) is 0. The molecule has 0 aliphatic heterocycles. The normalized spacial score (nSPS) is 12.1. The van der Waals surface area contributed by atoms with Gasteiger partial charge in [-0.1, -0.05) is 82.4 Å². The van der Waals surface area contributed by atoms with Crippen molar-refractivity contribution >= 4 is 15.8 Å². The van der Waals surface area contributed by atoms with Crippen LogP contribution in [0.1, 0.15) is 90.5 Å². The first kappa shape index (κ1) is 25.7. The highest BCUT2D eigenvalue weighted by Gasteiger charge is 2.35. The molecule has 0 aliphatic rings. The lowest BCUT2D eigenvalue weighted by Crippen LogP contribution is -2.34. The SMILES string of the molecule is CCCCCCCCCCCCOC(=O)C(C)(C)CS(=O)(=O)c1ccc(C)cc1. The third-order valence-corrected chi connectivity index (χ3v) is 7.31. The molecule has 5 heteroatoms. The predicted molar refractivity (Wildman–Crippen MR) is 120 cm³/mol. The third-order valence-electron chi connectivity index (χ3n) is 5.21. The number of sulfone groups is 1. The van der Waals surface area contributed by atoms with Crippen molar-refractivity contribution in [1.82, 2.24) is 0 Å². The summed E-state index contributed by atoms with van der Waals surface area (Å²) in [7, 11) is -3.53. The zero-order chi connectivity index (χ0) is 21.8. The molecule has 0 fully saturated rings. The minimum absolute atomic E-state index is 0.249. The Morgan fingerprint density at radius 1 is 0.862 bits per heavy atom. The lowest BCUT2D eigenvalue weighted by molar-refractivity contribution is -0.152. The van der Waals surface area contributed by atoms with Crippen molar-refractivity contribution in [2.75, 3.05) is 12.4 Å². The number of hydrogen-bond donors (Lipinski definition) is 0. The highest BCUT2D eigenvalue weighted by molar-refractivity contribution is 7.91. The van der Waals surface area contributed by atoms with E-state index in [-0.39, 0.29) is 10.6 Å². The largest absolute Gasteiger partial charge is 0.465 e. The number of esters is 1. The Morgan fingerprint density at radius 3 is 1.86 bits per heavy atom. The van der Waals surface area contributed by atoms with Gasteiger partial charge in [0.25, 0.3) is 0 Å². The number of carbonyl (C=O) groups excluding carboxylic acids is 1. The number of aryl methyl sites for hydroxylation is 1. The molecule has 0 saturated heterocycles. The fraction of sp³-hybridized carbons (Fsp3) is 0.708. The van der Waals surface area contributed by atoms with Crippen LogP contribution in [0.4, 0.5) is 0 Å². The average Bonchev–Trinajstić information content (AvgIpc) is 2.65. The van der Waals surface area contributed by atoms with E-state index in [2.05, 4.69) is 6.92 Å². The number of ether oxygens (including phenoxy) is 1. The second kappa shape index (κ2) is 13.0. The van der Waals surface area contributed by atoms with Crippen molar-refractivity contribution in [3.8, 4) is 0 Å². The van der Waals surface area contributed by atoms with Crippen LogP contribution < -0.4 is 0 Å². The Balaban J connectivity index is 2.26. The second-order valence-corrected chi connectivity index (χ2v) is 10.8. The predicted octanol–water partition coefficient (Wildman–Crippen LogP) is 6.26. The number of unbranched alkanes of at least 4 members (excludes halogenated alkanes) is 9. The summed E-state index contributed by atoms with van der Waals surface area (Å²) in [5.74, 6) is -0.691. The van der Waals surface area contributed by atoms with E-state index in [1.54, 1.807) is 38.1 Å². The van der Waals surface area contributed by atoms with E-state index in [1.165, 1.54) is 44.9 Å². The van der Waals surface area contributed by atoms with Crippen molar-refractivity contribution in [2.45, 2.75) is 96.8 Å². The molecule has 1 aromatic rings. The van der Waals surface area contributed by atoms with Gasteiger partial charge in [-0.2, -0.15) is 0 Å². The van der Waals surface area contributed by atoms with Crippen molar-refractivity contribution < 1.29 is 17.9 Å². The van der Waals surface area contributed by atoms with Crippen molar-refractivity contribution in [3.05, 3.63) is 29.8 Å². The lowest BCUT2D eigenvalue weighted by Gasteiger charge is -2.22. The molecule has 0 N–H and O–H groups in total. The zero-order valence-corrected chi connectivity index (χ0v) is 19.7. The van der Waals surface area contributed by atoms with Crippen LogP contribution >= 0.6 is 0 Å². The van der Waals surface area contributed by atoms with Crippen LogP contribution in [-0.2, 0) is 19.4 Å². The number of hydrogen-bond acceptors (Lipinski definition) is 4. The van der Waals surface area contributed by atoms with Gasteiger partial charge < -0.3 is 4.74 Å². The van der Waals surface area contributed by atoms with E-state index in [0.29, 0.717) is 6.61 Å². The standard InChI is InChI=1S/C24H40O4S/c1-5-6-7-8-9-10-11-12-13-14-19-28-23(25)24(3,4)20-29(26,27)22-17-15-21(2)16-18-22/h15-18H,5-14,19-20H2,1-4H3. The fourth-order valence-corrected chi connectivity index (χ4v) is 5.10. The van der Waals surface area contributed by atoms with E-state index < -0.39 is 21.2 Å². The van der Waals surface area contributed by atoms with E-state index in [4.69, 9.17) is 4.74 Å². The highest BCUT2D eigenvalue weighted by Crippen LogP contribution is 2.25. The molecule has 0 atom stereocenters. The monoisotopic (exact) mass is 424 g/mol. The molecular weight excluding hydrogens is 384 g/mol. The van der Waals surface area contributed by atoms with Crippen LogP contribution in [0, 0.1) is 12.3 Å². The lowest BCUT2D eigenvalue weighted by atomic mass is 9.97. The van der Waals surface area contributed by atoms with Gasteiger partial charge in [0.2, 0.25) is 0 Å². The topological polar surface area (TPSA) is 60.4 Å². The minimum Gasteiger partial charge on any atom is -0.465 e. The summed E-state index contributed by atoms with van der Waals surface area (Å²) in [5.41, 5.74) is -0.0681. The van der Waals surface area contributed by atoms with Crippen LogP contribution in [0.2, 0.25) is 0 Å². The molecule has 0 radical (unpaired) electrons. The quantitative estimate of drug-likeness (QED) is 0.246. The molecular formula is C24H40O4S. The Morgan fingerprint density at radius 2 is 1.34 bits per heavy atom. The number of rotatable bonds is 15. The van der Waals surface area contributed by atoms with Gasteiger partial charge in [-0.25, -0.2) is 8.42 Å². The molecule has 29 heavy (non-hydrogen) atoms. The molecule has 1 aromatic carbocycles. The summed E-state index contributed by atoms with van der Waals surface area (Å²) >= 11 is 0. The summed E-state index contributed by atoms with van der Waals surface area (Å²) < 4.78 is 30.6. The molecule has 0 unspecified atom stereocenters. The van der Waals surface area contributed by atoms with Gasteiger partial charge in [-0.3, -0.25) is 4.79 Å². The van der Waals surface area contributed by atoms with Crippen molar-refractivity contribution in [2.24, 2.45) is 5.41 Å². The van der Waals surface area contributed by atoms with Gasteiger partial charge in [0.15, 0.2) is 9.84 Å². The van der Waals surface area contributed by atoms with Gasteiger partial charge >= 0.3 is 5.97 Å². The van der Waals surface area contributed by atoms with E-state index in [0.717, 1.165) is 24.8 Å². The average molecular weight is 425 g/mol. The first-order valence-electron chi connectivity index (χ1n) is 11.2. The maximum atomic E-state index is 12.6. The van der Waals surface area contributed by atoms with E-state index >= 15 is 0 Å². The zero-order valence-electron chi connectivity index (χ0n) is 18.8. The van der Waals surface area contributed by atoms with Crippen LogP contribution in [-0.4, -0.2) is 26.7 Å². The first-order chi connectivity index (χ1) is 13.7. The summed E-state index contributed by atoms with van der Waals surface area (Å²) in [6.07, 6.45) is 12.2. The van der Waals surface area contributed by atoms with Gasteiger partial charge in [0, 0.05) is 0 Å². The Labute approximate surface area is 178 Å². The summed E-state index contributed by atoms with van der Waals surface area (Å²) in [6.45, 7) is 7.78. The van der Waals surface area contributed by atoms with Gasteiger partial charge in [0.05, 0.1) is 22.7 Å². The summed E-state index contributed by atoms with van der Waals surface area (Å²) in [4.78, 5) is 12.7. The van der Waals surface area contributed by atoms with Gasteiger partial charge in [0.1, 0.15) is 0 Å². The smallest absolute Gasteiger partial charge is 0.312 e. The molecule has 0 heterocycles. The third kappa shape index (κ3) is 10.3. The molecule has 0 aromatic heterocycles. The van der Waals surface area contributed by atoms with Crippen molar-refractivity contribution in [1.29, 1.82) is 0 Å². The molecule has 0 saturated carbocycles. The molecule has 0 amide bonds. The highest BCUT2D eigenvalue weighted by atomic mass is 32.2. The van der Waals surface area contributed by atoms with Crippen LogP contribution in [0.5, 0.6) is 0 Å². The first-order valence-corrected chi connectivity index (χ1v) is 12.8. The molecule has 166 valence electrons. The van der Waals surface area contributed by atoms with Crippen LogP contribution in [0.15, 0.2) is 29.2 Å². The Kier molecular flexibility index (Phi) is 11.6. The summed E-state index contributed by atoms with van der Waals surface area (Å²) in [6, 6.07) is 6.72. The fourth-order valence-electron chi connectivity index (χ4n) is 3.31. The minimum atomic E-state index is -3.53. The van der Waals surface area contributed by atoms with E-state index in [9.17, 15) is 13.2 Å². The Hall–Kier alpha value is -1.36. The van der Waals surface area contributed by atoms with Crippen LogP contribution in [0.3, 0.4) is 0 Å². The maximum absolute atomic E-state index is 12.6. The molecule has 4 nitrogen and oxygen atoms in total. The van der Waals surface area contributed by atoms with Gasteiger partial charge in [-0.15, -0.1) is 0 Å². The van der Waals surface area contributed by atoms with E-state index in [1.807, 2.05) is 6.92 Å². The number of carbonyl (C=O) groups is 1. The van der Waals surface area contributed by atoms with Crippen molar-refractivity contribution in [3.63, 3.8) is 0 Å². The van der Waals surface area contributed by atoms with Gasteiger partial charge in [-0.05, 0) is 39.3 Å². The Bertz CT molecular complexity index is 690. The molecule has 0 bridgehead atoms. The maximum Gasteiger partial charge on any atom is 0.312 e. The number of benzene rings is 1. The second-order valence-electron chi connectivity index (χ2n) is 8.77.